The van der Waals surface area contributed by atoms with Gasteiger partial charge in [-0.15, -0.1) is 0 Å². The van der Waals surface area contributed by atoms with Crippen LogP contribution in [0.15, 0.2) is 36.7 Å². The summed E-state index contributed by atoms with van der Waals surface area (Å²) in [5.74, 6) is 0.663. The first-order valence-electron chi connectivity index (χ1n) is 6.62. The summed E-state index contributed by atoms with van der Waals surface area (Å²) in [6.45, 7) is 4.22. The average molecular weight is 273 g/mol. The number of esters is 1. The molecule has 0 fully saturated rings. The van der Waals surface area contributed by atoms with Gasteiger partial charge in [-0.3, -0.25) is 0 Å². The molecular weight excluding hydrogens is 254 g/mol. The van der Waals surface area contributed by atoms with Crippen LogP contribution < -0.4 is 5.32 Å². The lowest BCUT2D eigenvalue weighted by atomic mass is 10.2. The largest absolute Gasteiger partial charge is 0.462 e. The van der Waals surface area contributed by atoms with E-state index < -0.39 is 0 Å². The molecule has 5 nitrogen and oxygen atoms in total. The van der Waals surface area contributed by atoms with E-state index >= 15 is 0 Å². The number of ether oxygens (including phenoxy) is 1. The normalized spacial score (nSPS) is 11.9. The average Bonchev–Trinajstić information content (AvgIpc) is 2.86. The maximum absolute atomic E-state index is 11.6. The van der Waals surface area contributed by atoms with Gasteiger partial charge in [-0.05, 0) is 38.1 Å². The molecule has 2 rings (SSSR count). The topological polar surface area (TPSA) is 56.1 Å². The van der Waals surface area contributed by atoms with Crippen LogP contribution in [0, 0.1) is 0 Å². The molecule has 1 aromatic carbocycles. The van der Waals surface area contributed by atoms with Crippen molar-refractivity contribution in [3.63, 3.8) is 0 Å². The van der Waals surface area contributed by atoms with E-state index in [4.69, 9.17) is 4.74 Å². The number of anilines is 1. The highest BCUT2D eigenvalue weighted by atomic mass is 16.5. The van der Waals surface area contributed by atoms with E-state index in [9.17, 15) is 4.79 Å². The number of carbonyl (C=O) groups is 1. The van der Waals surface area contributed by atoms with E-state index in [0.717, 1.165) is 11.5 Å². The van der Waals surface area contributed by atoms with E-state index in [1.165, 1.54) is 0 Å². The van der Waals surface area contributed by atoms with Crippen LogP contribution in [-0.4, -0.2) is 22.1 Å². The highest BCUT2D eigenvalue weighted by molar-refractivity contribution is 5.89. The number of carbonyl (C=O) groups excluding carboxylic acids is 1. The Morgan fingerprint density at radius 2 is 2.10 bits per heavy atom. The number of aromatic nitrogens is 2. The van der Waals surface area contributed by atoms with Gasteiger partial charge in [-0.1, -0.05) is 0 Å². The molecule has 0 bridgehead atoms. The van der Waals surface area contributed by atoms with Crippen molar-refractivity contribution in [1.29, 1.82) is 0 Å². The summed E-state index contributed by atoms with van der Waals surface area (Å²) in [5, 5.41) is 3.35. The van der Waals surface area contributed by atoms with Crippen LogP contribution >= 0.6 is 0 Å². The number of aryl methyl sites for hydroxylation is 1. The van der Waals surface area contributed by atoms with Gasteiger partial charge in [0, 0.05) is 25.1 Å². The molecule has 1 atom stereocenters. The minimum Gasteiger partial charge on any atom is -0.462 e. The lowest BCUT2D eigenvalue weighted by molar-refractivity contribution is 0.0526. The second kappa shape index (κ2) is 6.23. The summed E-state index contributed by atoms with van der Waals surface area (Å²) >= 11 is 0. The molecule has 0 radical (unpaired) electrons. The Morgan fingerprint density at radius 1 is 1.40 bits per heavy atom. The molecule has 20 heavy (non-hydrogen) atoms. The molecule has 0 saturated heterocycles. The van der Waals surface area contributed by atoms with Gasteiger partial charge in [0.05, 0.1) is 18.2 Å². The molecule has 5 heteroatoms. The highest BCUT2D eigenvalue weighted by Gasteiger charge is 2.11. The van der Waals surface area contributed by atoms with Gasteiger partial charge in [0.15, 0.2) is 0 Å². The quantitative estimate of drug-likeness (QED) is 0.851. The number of nitrogens with one attached hydrogen (secondary N) is 1. The minimum atomic E-state index is -0.295. The smallest absolute Gasteiger partial charge is 0.338 e. The number of rotatable bonds is 5. The molecule has 1 heterocycles. The zero-order valence-electron chi connectivity index (χ0n) is 12.0. The number of benzene rings is 1. The predicted molar refractivity (Wildman–Crippen MR) is 77.6 cm³/mol. The Hall–Kier alpha value is -2.30. The van der Waals surface area contributed by atoms with Crippen LogP contribution in [0.4, 0.5) is 5.69 Å². The van der Waals surface area contributed by atoms with Crippen molar-refractivity contribution >= 4 is 11.7 Å². The van der Waals surface area contributed by atoms with Crippen molar-refractivity contribution in [3.05, 3.63) is 48.0 Å². The van der Waals surface area contributed by atoms with E-state index in [2.05, 4.69) is 10.3 Å². The fraction of sp³-hybridized carbons (Fsp3) is 0.333. The number of imidazole rings is 1. The van der Waals surface area contributed by atoms with Gasteiger partial charge in [-0.2, -0.15) is 0 Å². The van der Waals surface area contributed by atoms with Crippen LogP contribution in [0.1, 0.15) is 36.1 Å². The van der Waals surface area contributed by atoms with E-state index in [-0.39, 0.29) is 12.0 Å². The van der Waals surface area contributed by atoms with Crippen LogP contribution in [0.25, 0.3) is 0 Å². The van der Waals surface area contributed by atoms with Crippen molar-refractivity contribution in [1.82, 2.24) is 9.55 Å². The van der Waals surface area contributed by atoms with Gasteiger partial charge < -0.3 is 14.6 Å². The third-order valence-electron chi connectivity index (χ3n) is 3.02. The molecule has 2 aromatic rings. The summed E-state index contributed by atoms with van der Waals surface area (Å²) in [7, 11) is 1.96. The van der Waals surface area contributed by atoms with Gasteiger partial charge in [-0.25, -0.2) is 9.78 Å². The van der Waals surface area contributed by atoms with Crippen LogP contribution in [0.2, 0.25) is 0 Å². The first kappa shape index (κ1) is 14.1. The fourth-order valence-electron chi connectivity index (χ4n) is 2.03. The Bertz CT molecular complexity index is 575. The number of hydrogen-bond acceptors (Lipinski definition) is 4. The SMILES string of the molecule is CCOC(=O)c1ccc(NC(C)c2nccn2C)cc1. The van der Waals surface area contributed by atoms with Crippen LogP contribution in [-0.2, 0) is 11.8 Å². The lowest BCUT2D eigenvalue weighted by Crippen LogP contribution is -2.12. The van der Waals surface area contributed by atoms with Crippen LogP contribution in [0.5, 0.6) is 0 Å². The molecule has 0 aliphatic carbocycles. The Kier molecular flexibility index (Phi) is 4.40. The monoisotopic (exact) mass is 273 g/mol. The third-order valence-corrected chi connectivity index (χ3v) is 3.02. The summed E-state index contributed by atoms with van der Waals surface area (Å²) in [6, 6.07) is 7.33. The summed E-state index contributed by atoms with van der Waals surface area (Å²) in [6.07, 6.45) is 3.69. The molecule has 0 aliphatic rings. The van der Waals surface area contributed by atoms with Crippen LogP contribution in [0.3, 0.4) is 0 Å². The van der Waals surface area contributed by atoms with Crippen molar-refractivity contribution in [2.24, 2.45) is 7.05 Å². The molecular formula is C15H19N3O2. The lowest BCUT2D eigenvalue weighted by Gasteiger charge is -2.15. The highest BCUT2D eigenvalue weighted by Crippen LogP contribution is 2.18. The second-order valence-electron chi connectivity index (χ2n) is 4.56. The zero-order chi connectivity index (χ0) is 14.5. The maximum atomic E-state index is 11.6. The summed E-state index contributed by atoms with van der Waals surface area (Å²) < 4.78 is 6.93. The van der Waals surface area contributed by atoms with Crippen molar-refractivity contribution in [2.75, 3.05) is 11.9 Å². The fourth-order valence-corrected chi connectivity index (χ4v) is 2.03. The molecule has 1 aromatic heterocycles. The molecule has 1 unspecified atom stereocenters. The van der Waals surface area contributed by atoms with Crippen molar-refractivity contribution < 1.29 is 9.53 Å². The first-order valence-corrected chi connectivity index (χ1v) is 6.62. The van der Waals surface area contributed by atoms with E-state index in [0.29, 0.717) is 12.2 Å². The number of hydrogen-bond donors (Lipinski definition) is 1. The van der Waals surface area contributed by atoms with Gasteiger partial charge in [0.2, 0.25) is 0 Å². The molecule has 0 amide bonds. The molecule has 106 valence electrons. The zero-order valence-corrected chi connectivity index (χ0v) is 12.0. The maximum Gasteiger partial charge on any atom is 0.338 e. The molecule has 1 N–H and O–H groups in total. The third kappa shape index (κ3) is 3.17. The minimum absolute atomic E-state index is 0.0865. The molecule has 0 saturated carbocycles. The molecule has 0 aliphatic heterocycles. The molecule has 0 spiro atoms. The van der Waals surface area contributed by atoms with Crippen molar-refractivity contribution in [2.45, 2.75) is 19.9 Å². The second-order valence-corrected chi connectivity index (χ2v) is 4.56. The van der Waals surface area contributed by atoms with Crippen molar-refractivity contribution in [3.8, 4) is 0 Å². The Morgan fingerprint density at radius 3 is 2.65 bits per heavy atom. The predicted octanol–water partition coefficient (Wildman–Crippen LogP) is 2.77. The van der Waals surface area contributed by atoms with E-state index in [1.54, 1.807) is 25.3 Å². The number of nitrogens with zero attached hydrogens (tertiary/aromatic N) is 2. The Labute approximate surface area is 118 Å². The Balaban J connectivity index is 2.04. The van der Waals surface area contributed by atoms with E-state index in [1.807, 2.05) is 36.9 Å². The van der Waals surface area contributed by atoms with Gasteiger partial charge in [0.1, 0.15) is 5.82 Å². The standard InChI is InChI=1S/C15H19N3O2/c1-4-20-15(19)12-5-7-13(8-6-12)17-11(2)14-16-9-10-18(14)3/h5-11,17H,4H2,1-3H3. The summed E-state index contributed by atoms with van der Waals surface area (Å²) in [4.78, 5) is 15.9. The van der Waals surface area contributed by atoms with Gasteiger partial charge in [0.25, 0.3) is 0 Å². The summed E-state index contributed by atoms with van der Waals surface area (Å²) in [5.41, 5.74) is 1.50. The van der Waals surface area contributed by atoms with Gasteiger partial charge >= 0.3 is 5.97 Å². The first-order chi connectivity index (χ1) is 9.61.